The summed E-state index contributed by atoms with van der Waals surface area (Å²) in [5.74, 6) is 0. The predicted octanol–water partition coefficient (Wildman–Crippen LogP) is 1.52. The van der Waals surface area contributed by atoms with Gasteiger partial charge in [-0.25, -0.2) is 4.79 Å². The van der Waals surface area contributed by atoms with Crippen LogP contribution in [0.5, 0.6) is 0 Å². The minimum absolute atomic E-state index is 0.109. The van der Waals surface area contributed by atoms with E-state index in [0.29, 0.717) is 31.5 Å². The SMILES string of the molecule is O=CCCCNC(=O)NC1CCC(NI)CC1. The highest BCUT2D eigenvalue weighted by Gasteiger charge is 2.21. The summed E-state index contributed by atoms with van der Waals surface area (Å²) in [6.07, 6.45) is 6.37. The second kappa shape index (κ2) is 8.68. The average molecular weight is 353 g/mol. The molecular formula is C11H20IN3O2. The summed E-state index contributed by atoms with van der Waals surface area (Å²) in [7, 11) is 0. The van der Waals surface area contributed by atoms with Gasteiger partial charge < -0.3 is 15.4 Å². The molecule has 0 saturated heterocycles. The summed E-state index contributed by atoms with van der Waals surface area (Å²) in [6.45, 7) is 0.565. The molecule has 0 radical (unpaired) electrons. The molecule has 1 aliphatic rings. The fourth-order valence-electron chi connectivity index (χ4n) is 1.97. The highest BCUT2D eigenvalue weighted by atomic mass is 127. The van der Waals surface area contributed by atoms with Crippen LogP contribution in [0.1, 0.15) is 38.5 Å². The highest BCUT2D eigenvalue weighted by molar-refractivity contribution is 14.1. The van der Waals surface area contributed by atoms with E-state index >= 15 is 0 Å². The van der Waals surface area contributed by atoms with Crippen molar-refractivity contribution in [3.8, 4) is 0 Å². The van der Waals surface area contributed by atoms with Crippen molar-refractivity contribution in [3.63, 3.8) is 0 Å². The molecule has 0 spiro atoms. The van der Waals surface area contributed by atoms with Gasteiger partial charge in [0, 0.05) is 47.9 Å². The first kappa shape index (κ1) is 14.7. The Morgan fingerprint density at radius 2 is 1.88 bits per heavy atom. The van der Waals surface area contributed by atoms with Crippen molar-refractivity contribution >= 4 is 35.2 Å². The van der Waals surface area contributed by atoms with Crippen molar-refractivity contribution in [3.05, 3.63) is 0 Å². The fraction of sp³-hybridized carbons (Fsp3) is 0.818. The highest BCUT2D eigenvalue weighted by Crippen LogP contribution is 2.19. The molecule has 1 aliphatic carbocycles. The number of hydrogen-bond donors (Lipinski definition) is 3. The van der Waals surface area contributed by atoms with E-state index in [2.05, 4.69) is 37.0 Å². The first-order chi connectivity index (χ1) is 8.26. The Kier molecular flexibility index (Phi) is 7.50. The van der Waals surface area contributed by atoms with Crippen LogP contribution in [0.2, 0.25) is 0 Å². The Morgan fingerprint density at radius 1 is 1.24 bits per heavy atom. The van der Waals surface area contributed by atoms with Crippen LogP contribution in [-0.4, -0.2) is 30.9 Å². The molecule has 0 bridgehead atoms. The van der Waals surface area contributed by atoms with Crippen LogP contribution in [0.25, 0.3) is 0 Å². The normalized spacial score (nSPS) is 24.1. The largest absolute Gasteiger partial charge is 0.338 e. The number of nitrogens with one attached hydrogen (secondary N) is 3. The lowest BCUT2D eigenvalue weighted by molar-refractivity contribution is -0.107. The summed E-state index contributed by atoms with van der Waals surface area (Å²) in [6, 6.07) is 0.771. The Morgan fingerprint density at radius 3 is 2.47 bits per heavy atom. The first-order valence-corrected chi connectivity index (χ1v) is 7.18. The van der Waals surface area contributed by atoms with Crippen LogP contribution in [0, 0.1) is 0 Å². The van der Waals surface area contributed by atoms with Crippen LogP contribution in [0.3, 0.4) is 0 Å². The zero-order valence-electron chi connectivity index (χ0n) is 9.88. The van der Waals surface area contributed by atoms with Crippen LogP contribution < -0.4 is 14.2 Å². The minimum atomic E-state index is -0.109. The van der Waals surface area contributed by atoms with Gasteiger partial charge in [0.05, 0.1) is 0 Å². The van der Waals surface area contributed by atoms with Gasteiger partial charge in [0.1, 0.15) is 6.29 Å². The van der Waals surface area contributed by atoms with Crippen molar-refractivity contribution in [2.75, 3.05) is 6.54 Å². The Bertz CT molecular complexity index is 243. The predicted molar refractivity (Wildman–Crippen MR) is 75.0 cm³/mol. The number of carbonyl (C=O) groups excluding carboxylic acids is 2. The molecule has 0 aliphatic heterocycles. The molecule has 1 rings (SSSR count). The summed E-state index contributed by atoms with van der Waals surface area (Å²) in [5, 5.41) is 5.74. The molecule has 5 nitrogen and oxygen atoms in total. The number of rotatable bonds is 6. The van der Waals surface area contributed by atoms with Gasteiger partial charge in [-0.1, -0.05) is 0 Å². The lowest BCUT2D eigenvalue weighted by Crippen LogP contribution is -2.45. The fourth-order valence-corrected chi connectivity index (χ4v) is 2.59. The van der Waals surface area contributed by atoms with Gasteiger partial charge in [-0.05, 0) is 32.1 Å². The smallest absolute Gasteiger partial charge is 0.315 e. The first-order valence-electron chi connectivity index (χ1n) is 6.10. The number of carbonyl (C=O) groups is 2. The molecule has 0 atom stereocenters. The molecule has 3 N–H and O–H groups in total. The molecule has 0 aromatic heterocycles. The van der Waals surface area contributed by atoms with E-state index in [1.165, 1.54) is 0 Å². The number of urea groups is 1. The van der Waals surface area contributed by atoms with Crippen molar-refractivity contribution in [2.24, 2.45) is 0 Å². The maximum absolute atomic E-state index is 11.5. The van der Waals surface area contributed by atoms with E-state index < -0.39 is 0 Å². The van der Waals surface area contributed by atoms with Crippen molar-refractivity contribution in [1.29, 1.82) is 0 Å². The van der Waals surface area contributed by atoms with Crippen molar-refractivity contribution in [2.45, 2.75) is 50.6 Å². The molecular weight excluding hydrogens is 333 g/mol. The van der Waals surface area contributed by atoms with Crippen LogP contribution in [0.15, 0.2) is 0 Å². The topological polar surface area (TPSA) is 70.2 Å². The van der Waals surface area contributed by atoms with Crippen molar-refractivity contribution < 1.29 is 9.59 Å². The van der Waals surface area contributed by atoms with Gasteiger partial charge >= 0.3 is 6.03 Å². The minimum Gasteiger partial charge on any atom is -0.338 e. The maximum atomic E-state index is 11.5. The lowest BCUT2D eigenvalue weighted by atomic mass is 9.92. The van der Waals surface area contributed by atoms with Crippen LogP contribution in [0.4, 0.5) is 4.79 Å². The van der Waals surface area contributed by atoms with E-state index in [1.54, 1.807) is 0 Å². The number of amides is 2. The summed E-state index contributed by atoms with van der Waals surface area (Å²) >= 11 is 2.19. The molecule has 0 unspecified atom stereocenters. The molecule has 1 saturated carbocycles. The second-order valence-electron chi connectivity index (χ2n) is 4.37. The number of hydrogen-bond acceptors (Lipinski definition) is 3. The maximum Gasteiger partial charge on any atom is 0.315 e. The molecule has 0 heterocycles. The van der Waals surface area contributed by atoms with Gasteiger partial charge in [0.2, 0.25) is 0 Å². The molecule has 17 heavy (non-hydrogen) atoms. The van der Waals surface area contributed by atoms with Gasteiger partial charge in [0.15, 0.2) is 0 Å². The van der Waals surface area contributed by atoms with E-state index in [4.69, 9.17) is 0 Å². The third-order valence-electron chi connectivity index (χ3n) is 3.00. The number of aldehydes is 1. The van der Waals surface area contributed by atoms with E-state index in [0.717, 1.165) is 32.0 Å². The molecule has 2 amide bonds. The lowest BCUT2D eigenvalue weighted by Gasteiger charge is -2.28. The van der Waals surface area contributed by atoms with Gasteiger partial charge in [0.25, 0.3) is 0 Å². The Balaban J connectivity index is 2.08. The van der Waals surface area contributed by atoms with Gasteiger partial charge in [-0.2, -0.15) is 0 Å². The average Bonchev–Trinajstić information content (AvgIpc) is 2.36. The van der Waals surface area contributed by atoms with Crippen LogP contribution in [-0.2, 0) is 4.79 Å². The van der Waals surface area contributed by atoms with Crippen LogP contribution >= 0.6 is 22.9 Å². The Hall–Kier alpha value is -0.370. The molecule has 6 heteroatoms. The number of halogens is 1. The quantitative estimate of drug-likeness (QED) is 0.294. The molecule has 0 aromatic rings. The number of unbranched alkanes of at least 4 members (excludes halogenated alkanes) is 1. The van der Waals surface area contributed by atoms with Crippen molar-refractivity contribution in [1.82, 2.24) is 14.2 Å². The third kappa shape index (κ3) is 6.21. The molecule has 98 valence electrons. The van der Waals surface area contributed by atoms with Gasteiger partial charge in [-0.15, -0.1) is 0 Å². The standard InChI is InChI=1S/C11H20IN3O2/c12-15-10-5-3-9(4-6-10)14-11(17)13-7-1-2-8-16/h8-10,15H,1-7H2,(H2,13,14,17). The third-order valence-corrected chi connectivity index (χ3v) is 3.88. The summed E-state index contributed by atoms with van der Waals surface area (Å²) in [4.78, 5) is 21.6. The Labute approximate surface area is 116 Å². The van der Waals surface area contributed by atoms with E-state index in [1.807, 2.05) is 0 Å². The monoisotopic (exact) mass is 353 g/mol. The zero-order valence-corrected chi connectivity index (χ0v) is 12.0. The van der Waals surface area contributed by atoms with E-state index in [-0.39, 0.29) is 6.03 Å². The zero-order chi connectivity index (χ0) is 12.5. The molecule has 1 fully saturated rings. The van der Waals surface area contributed by atoms with E-state index in [9.17, 15) is 9.59 Å². The van der Waals surface area contributed by atoms with Gasteiger partial charge in [-0.3, -0.25) is 3.53 Å². The molecule has 0 aromatic carbocycles. The second-order valence-corrected chi connectivity index (χ2v) is 4.99. The summed E-state index contributed by atoms with van der Waals surface area (Å²) < 4.78 is 3.23. The summed E-state index contributed by atoms with van der Waals surface area (Å²) in [5.41, 5.74) is 0.